The molecular formula is C18H23N5O2S. The number of aromatic nitrogens is 3. The number of hydrogen-bond acceptors (Lipinski definition) is 6. The molecule has 1 N–H and O–H groups in total. The maximum atomic E-state index is 12.3. The van der Waals surface area contributed by atoms with Gasteiger partial charge in [0.25, 0.3) is 0 Å². The molecule has 0 saturated heterocycles. The van der Waals surface area contributed by atoms with Gasteiger partial charge in [0.05, 0.1) is 15.2 Å². The largest absolute Gasteiger partial charge is 0.338 e. The molecule has 1 aromatic carbocycles. The van der Waals surface area contributed by atoms with Crippen molar-refractivity contribution >= 4 is 27.6 Å². The van der Waals surface area contributed by atoms with Gasteiger partial charge >= 0.3 is 6.03 Å². The van der Waals surface area contributed by atoms with Crippen LogP contribution in [0.2, 0.25) is 0 Å². The van der Waals surface area contributed by atoms with Crippen molar-refractivity contribution < 1.29 is 9.32 Å². The average molecular weight is 373 g/mol. The summed E-state index contributed by atoms with van der Waals surface area (Å²) in [5, 5.41) is 7.91. The summed E-state index contributed by atoms with van der Waals surface area (Å²) in [5.41, 5.74) is 1.04. The second-order valence-corrected chi connectivity index (χ2v) is 7.00. The van der Waals surface area contributed by atoms with E-state index in [1.807, 2.05) is 32.0 Å². The van der Waals surface area contributed by atoms with Crippen LogP contribution in [0.1, 0.15) is 37.0 Å². The van der Waals surface area contributed by atoms with E-state index in [1.165, 1.54) is 4.70 Å². The molecule has 0 saturated carbocycles. The fourth-order valence-electron chi connectivity index (χ4n) is 2.56. The molecule has 0 atom stereocenters. The first-order chi connectivity index (χ1) is 12.7. The maximum absolute atomic E-state index is 12.3. The Morgan fingerprint density at radius 1 is 1.27 bits per heavy atom. The third kappa shape index (κ3) is 4.57. The summed E-state index contributed by atoms with van der Waals surface area (Å²) >= 11 is 1.71. The van der Waals surface area contributed by atoms with Crippen molar-refractivity contribution in [1.29, 1.82) is 0 Å². The Kier molecular flexibility index (Phi) is 6.17. The number of rotatable bonds is 8. The number of fused-ring (bicyclic) bond motifs is 1. The number of nitrogens with zero attached hydrogens (tertiary/aromatic N) is 4. The van der Waals surface area contributed by atoms with Gasteiger partial charge in [0, 0.05) is 25.9 Å². The molecule has 3 aromatic rings. The summed E-state index contributed by atoms with van der Waals surface area (Å²) < 4.78 is 6.36. The highest BCUT2D eigenvalue weighted by Gasteiger charge is 2.15. The molecular weight excluding hydrogens is 350 g/mol. The van der Waals surface area contributed by atoms with Crippen LogP contribution in [0.3, 0.4) is 0 Å². The van der Waals surface area contributed by atoms with E-state index in [4.69, 9.17) is 4.52 Å². The van der Waals surface area contributed by atoms with Crippen molar-refractivity contribution in [3.63, 3.8) is 0 Å². The van der Waals surface area contributed by atoms with Crippen molar-refractivity contribution in [2.24, 2.45) is 0 Å². The van der Waals surface area contributed by atoms with E-state index >= 15 is 0 Å². The number of amides is 2. The molecule has 0 aliphatic carbocycles. The quantitative estimate of drug-likeness (QED) is 0.612. The van der Waals surface area contributed by atoms with Gasteiger partial charge in [-0.25, -0.2) is 9.78 Å². The smallest absolute Gasteiger partial charge is 0.317 e. The molecule has 2 heterocycles. The van der Waals surface area contributed by atoms with Gasteiger partial charge in [-0.05, 0) is 25.5 Å². The molecule has 2 amide bonds. The van der Waals surface area contributed by atoms with E-state index in [1.54, 1.807) is 16.2 Å². The highest BCUT2D eigenvalue weighted by atomic mass is 32.1. The Morgan fingerprint density at radius 3 is 2.85 bits per heavy atom. The van der Waals surface area contributed by atoms with E-state index in [2.05, 4.69) is 26.5 Å². The van der Waals surface area contributed by atoms with Gasteiger partial charge in [-0.1, -0.05) is 24.2 Å². The van der Waals surface area contributed by atoms with Gasteiger partial charge in [0.2, 0.25) is 5.89 Å². The minimum absolute atomic E-state index is 0.118. The predicted molar refractivity (Wildman–Crippen MR) is 101 cm³/mol. The molecule has 2 aromatic heterocycles. The van der Waals surface area contributed by atoms with E-state index in [9.17, 15) is 4.79 Å². The normalized spacial score (nSPS) is 11.0. The summed E-state index contributed by atoms with van der Waals surface area (Å²) in [6.07, 6.45) is 2.42. The molecule has 0 aliphatic heterocycles. The number of para-hydroxylation sites is 1. The minimum Gasteiger partial charge on any atom is -0.338 e. The van der Waals surface area contributed by atoms with Crippen LogP contribution in [0.25, 0.3) is 10.2 Å². The first-order valence-electron chi connectivity index (χ1n) is 8.88. The molecule has 0 radical (unpaired) electrons. The van der Waals surface area contributed by atoms with E-state index < -0.39 is 0 Å². The lowest BCUT2D eigenvalue weighted by molar-refractivity contribution is 0.189. The SMILES string of the molecule is CCc1noc(CN(CC)C(=O)NCCCc2nc3ccccc3s2)n1. The molecule has 0 spiro atoms. The molecule has 138 valence electrons. The van der Waals surface area contributed by atoms with Crippen LogP contribution in [0.5, 0.6) is 0 Å². The second-order valence-electron chi connectivity index (χ2n) is 5.88. The third-order valence-electron chi connectivity index (χ3n) is 4.00. The number of urea groups is 1. The minimum atomic E-state index is -0.118. The molecule has 26 heavy (non-hydrogen) atoms. The number of benzene rings is 1. The monoisotopic (exact) mass is 373 g/mol. The molecule has 0 aliphatic rings. The first kappa shape index (κ1) is 18.3. The zero-order chi connectivity index (χ0) is 18.4. The predicted octanol–water partition coefficient (Wildman–Crippen LogP) is 3.41. The zero-order valence-electron chi connectivity index (χ0n) is 15.1. The molecule has 8 heteroatoms. The van der Waals surface area contributed by atoms with Crippen LogP contribution in [-0.4, -0.2) is 39.1 Å². The molecule has 7 nitrogen and oxygen atoms in total. The molecule has 3 rings (SSSR count). The van der Waals surface area contributed by atoms with Crippen LogP contribution >= 0.6 is 11.3 Å². The highest BCUT2D eigenvalue weighted by molar-refractivity contribution is 7.18. The lowest BCUT2D eigenvalue weighted by atomic mass is 10.3. The van der Waals surface area contributed by atoms with Crippen LogP contribution in [-0.2, 0) is 19.4 Å². The van der Waals surface area contributed by atoms with Gasteiger partial charge in [0.15, 0.2) is 5.82 Å². The van der Waals surface area contributed by atoms with E-state index in [0.29, 0.717) is 37.8 Å². The van der Waals surface area contributed by atoms with Crippen LogP contribution in [0.15, 0.2) is 28.8 Å². The number of nitrogens with one attached hydrogen (secondary N) is 1. The number of thiazole rings is 1. The van der Waals surface area contributed by atoms with Gasteiger partial charge in [-0.15, -0.1) is 11.3 Å². The van der Waals surface area contributed by atoms with Crippen molar-refractivity contribution in [3.8, 4) is 0 Å². The van der Waals surface area contributed by atoms with E-state index in [0.717, 1.165) is 23.4 Å². The Bertz CT molecular complexity index is 827. The van der Waals surface area contributed by atoms with Crippen LogP contribution < -0.4 is 5.32 Å². The van der Waals surface area contributed by atoms with Crippen LogP contribution in [0.4, 0.5) is 4.79 Å². The molecule has 0 fully saturated rings. The summed E-state index contributed by atoms with van der Waals surface area (Å²) in [6, 6.07) is 8.01. The van der Waals surface area contributed by atoms with Gasteiger partial charge in [-0.3, -0.25) is 0 Å². The van der Waals surface area contributed by atoms with Crippen molar-refractivity contribution in [2.45, 2.75) is 39.7 Å². The summed E-state index contributed by atoms with van der Waals surface area (Å²) in [5.74, 6) is 1.13. The standard InChI is InChI=1S/C18H23N5O2S/c1-3-15-21-16(25-22-15)12-23(4-2)18(24)19-11-7-10-17-20-13-8-5-6-9-14(13)26-17/h5-6,8-9H,3-4,7,10-12H2,1-2H3,(H,19,24). The lowest BCUT2D eigenvalue weighted by Gasteiger charge is -2.19. The highest BCUT2D eigenvalue weighted by Crippen LogP contribution is 2.22. The summed E-state index contributed by atoms with van der Waals surface area (Å²) in [4.78, 5) is 22.8. The van der Waals surface area contributed by atoms with E-state index in [-0.39, 0.29) is 6.03 Å². The number of carbonyl (C=O) groups excluding carboxylic acids is 1. The molecule has 0 unspecified atom stereocenters. The van der Waals surface area contributed by atoms with Gasteiger partial charge in [0.1, 0.15) is 6.54 Å². The Hall–Kier alpha value is -2.48. The first-order valence-corrected chi connectivity index (χ1v) is 9.70. The number of hydrogen-bond donors (Lipinski definition) is 1. The van der Waals surface area contributed by atoms with Crippen LogP contribution in [0, 0.1) is 0 Å². The fraction of sp³-hybridized carbons (Fsp3) is 0.444. The average Bonchev–Trinajstić information content (AvgIpc) is 3.29. The Morgan fingerprint density at radius 2 is 2.12 bits per heavy atom. The van der Waals surface area contributed by atoms with Gasteiger partial charge < -0.3 is 14.7 Å². The Balaban J connectivity index is 1.44. The van der Waals surface area contributed by atoms with Gasteiger partial charge in [-0.2, -0.15) is 4.98 Å². The topological polar surface area (TPSA) is 84.2 Å². The maximum Gasteiger partial charge on any atom is 0.317 e. The van der Waals surface area contributed by atoms with Crippen molar-refractivity contribution in [3.05, 3.63) is 41.0 Å². The van der Waals surface area contributed by atoms with Crippen molar-refractivity contribution in [2.75, 3.05) is 13.1 Å². The molecule has 0 bridgehead atoms. The summed E-state index contributed by atoms with van der Waals surface area (Å²) in [7, 11) is 0. The number of carbonyl (C=O) groups is 1. The number of aryl methyl sites for hydroxylation is 2. The Labute approximate surface area is 156 Å². The fourth-order valence-corrected chi connectivity index (χ4v) is 3.57. The zero-order valence-corrected chi connectivity index (χ0v) is 15.9. The third-order valence-corrected chi connectivity index (χ3v) is 5.10. The second kappa shape index (κ2) is 8.75. The van der Waals surface area contributed by atoms with Crippen molar-refractivity contribution in [1.82, 2.24) is 25.3 Å². The summed E-state index contributed by atoms with van der Waals surface area (Å²) in [6.45, 7) is 5.40. The lowest BCUT2D eigenvalue weighted by Crippen LogP contribution is -2.40.